The Kier molecular flexibility index (Phi) is 5.46. The maximum atomic E-state index is 3.67. The van der Waals surface area contributed by atoms with Gasteiger partial charge in [-0.2, -0.15) is 0 Å². The van der Waals surface area contributed by atoms with Crippen LogP contribution in [-0.2, 0) is 0 Å². The number of nitrogens with one attached hydrogen (secondary N) is 1. The molecule has 0 amide bonds. The monoisotopic (exact) mass is 240 g/mol. The van der Waals surface area contributed by atoms with Gasteiger partial charge in [0, 0.05) is 31.7 Å². The molecule has 17 heavy (non-hydrogen) atoms. The molecule has 1 aliphatic heterocycles. The Morgan fingerprint density at radius 1 is 1.24 bits per heavy atom. The maximum absolute atomic E-state index is 3.67. The van der Waals surface area contributed by atoms with Crippen LogP contribution < -0.4 is 5.32 Å². The minimum absolute atomic E-state index is 0.422. The van der Waals surface area contributed by atoms with Crippen LogP contribution in [0.2, 0.25) is 0 Å². The Labute approximate surface area is 108 Å². The number of hydrogen-bond donors (Lipinski definition) is 1. The summed E-state index contributed by atoms with van der Waals surface area (Å²) in [6, 6.07) is 1.44. The third-order valence-electron chi connectivity index (χ3n) is 4.56. The van der Waals surface area contributed by atoms with E-state index in [1.54, 1.807) is 0 Å². The van der Waals surface area contributed by atoms with E-state index in [2.05, 4.69) is 51.8 Å². The van der Waals surface area contributed by atoms with Crippen molar-refractivity contribution in [3.05, 3.63) is 0 Å². The van der Waals surface area contributed by atoms with Crippen LogP contribution in [0.15, 0.2) is 0 Å². The average Bonchev–Trinajstić information content (AvgIpc) is 2.27. The molecule has 0 aromatic carbocycles. The quantitative estimate of drug-likeness (QED) is 0.812. The third-order valence-corrected chi connectivity index (χ3v) is 4.56. The molecule has 3 unspecified atom stereocenters. The maximum Gasteiger partial charge on any atom is 0.0218 e. The fraction of sp³-hybridized carbons (Fsp3) is 1.00. The van der Waals surface area contributed by atoms with Crippen molar-refractivity contribution in [1.29, 1.82) is 0 Å². The Balaban J connectivity index is 2.58. The molecule has 1 aliphatic rings. The highest BCUT2D eigenvalue weighted by atomic mass is 15.2. The van der Waals surface area contributed by atoms with E-state index < -0.39 is 0 Å². The summed E-state index contributed by atoms with van der Waals surface area (Å²) in [6.45, 7) is 17.7. The molecular weight excluding hydrogens is 208 g/mol. The van der Waals surface area contributed by atoms with Crippen LogP contribution in [0.5, 0.6) is 0 Å². The van der Waals surface area contributed by atoms with Gasteiger partial charge in [0.25, 0.3) is 0 Å². The van der Waals surface area contributed by atoms with Gasteiger partial charge >= 0.3 is 0 Å². The Hall–Kier alpha value is -0.0800. The molecule has 0 bridgehead atoms. The van der Waals surface area contributed by atoms with Gasteiger partial charge in [-0.05, 0) is 24.2 Å². The third kappa shape index (κ3) is 4.26. The molecule has 0 spiro atoms. The van der Waals surface area contributed by atoms with E-state index in [0.29, 0.717) is 11.5 Å². The average molecular weight is 240 g/mol. The van der Waals surface area contributed by atoms with E-state index >= 15 is 0 Å². The normalized spacial score (nSPS) is 29.3. The Morgan fingerprint density at radius 2 is 1.88 bits per heavy atom. The smallest absolute Gasteiger partial charge is 0.0218 e. The molecule has 1 saturated heterocycles. The van der Waals surface area contributed by atoms with E-state index in [-0.39, 0.29) is 0 Å². The van der Waals surface area contributed by atoms with Crippen LogP contribution in [0.4, 0.5) is 0 Å². The molecule has 1 fully saturated rings. The highest BCUT2D eigenvalue weighted by Gasteiger charge is 2.29. The highest BCUT2D eigenvalue weighted by Crippen LogP contribution is 2.27. The van der Waals surface area contributed by atoms with E-state index in [0.717, 1.165) is 12.0 Å². The van der Waals surface area contributed by atoms with Crippen LogP contribution in [0.1, 0.15) is 54.4 Å². The molecule has 0 aromatic heterocycles. The van der Waals surface area contributed by atoms with Crippen molar-refractivity contribution in [3.8, 4) is 0 Å². The van der Waals surface area contributed by atoms with E-state index in [1.165, 1.54) is 32.5 Å². The zero-order chi connectivity index (χ0) is 13.1. The first-order valence-electron chi connectivity index (χ1n) is 7.35. The van der Waals surface area contributed by atoms with Gasteiger partial charge in [0.05, 0.1) is 0 Å². The molecule has 1 N–H and O–H groups in total. The molecule has 0 aliphatic carbocycles. The second-order valence-electron chi connectivity index (χ2n) is 6.80. The molecule has 0 radical (unpaired) electrons. The molecule has 0 aromatic rings. The minimum atomic E-state index is 0.422. The van der Waals surface area contributed by atoms with Crippen LogP contribution in [0.25, 0.3) is 0 Å². The summed E-state index contributed by atoms with van der Waals surface area (Å²) in [7, 11) is 0. The van der Waals surface area contributed by atoms with E-state index in [9.17, 15) is 0 Å². The van der Waals surface area contributed by atoms with Crippen molar-refractivity contribution >= 4 is 0 Å². The van der Waals surface area contributed by atoms with E-state index in [1.807, 2.05) is 0 Å². The first-order chi connectivity index (χ1) is 7.88. The number of piperazine rings is 1. The van der Waals surface area contributed by atoms with Gasteiger partial charge in [-0.3, -0.25) is 4.90 Å². The predicted octanol–water partition coefficient (Wildman–Crippen LogP) is 3.13. The first-order valence-corrected chi connectivity index (χ1v) is 7.35. The molecule has 1 heterocycles. The molecule has 3 atom stereocenters. The molecule has 0 saturated carbocycles. The Bertz CT molecular complexity index is 219. The van der Waals surface area contributed by atoms with Gasteiger partial charge in [0.15, 0.2) is 0 Å². The molecular formula is C15H32N2. The summed E-state index contributed by atoms with van der Waals surface area (Å²) in [5.74, 6) is 0.757. The lowest BCUT2D eigenvalue weighted by atomic mass is 9.81. The summed E-state index contributed by atoms with van der Waals surface area (Å²) in [5.41, 5.74) is 0.422. The van der Waals surface area contributed by atoms with Gasteiger partial charge < -0.3 is 5.32 Å². The lowest BCUT2D eigenvalue weighted by molar-refractivity contribution is 0.0804. The van der Waals surface area contributed by atoms with Crippen LogP contribution in [0.3, 0.4) is 0 Å². The fourth-order valence-corrected chi connectivity index (χ4v) is 2.45. The molecule has 1 rings (SSSR count). The van der Waals surface area contributed by atoms with Crippen LogP contribution in [0, 0.1) is 11.3 Å². The van der Waals surface area contributed by atoms with Crippen molar-refractivity contribution in [2.75, 3.05) is 19.6 Å². The Morgan fingerprint density at radius 3 is 2.35 bits per heavy atom. The largest absolute Gasteiger partial charge is 0.311 e. The molecule has 102 valence electrons. The van der Waals surface area contributed by atoms with Gasteiger partial charge in [0.2, 0.25) is 0 Å². The lowest BCUT2D eigenvalue weighted by Crippen LogP contribution is -2.57. The molecule has 2 heteroatoms. The van der Waals surface area contributed by atoms with Crippen LogP contribution >= 0.6 is 0 Å². The van der Waals surface area contributed by atoms with Gasteiger partial charge in [-0.1, -0.05) is 41.5 Å². The van der Waals surface area contributed by atoms with Crippen LogP contribution in [-0.4, -0.2) is 36.6 Å². The summed E-state index contributed by atoms with van der Waals surface area (Å²) >= 11 is 0. The standard InChI is InChI=1S/C15H32N2/c1-7-13-11-17(14(8-2)9-16-13)10-12(3)15(4,5)6/h12-14,16H,7-11H2,1-6H3. The first kappa shape index (κ1) is 15.0. The van der Waals surface area contributed by atoms with Crippen molar-refractivity contribution < 1.29 is 0 Å². The molecule has 2 nitrogen and oxygen atoms in total. The zero-order valence-corrected chi connectivity index (χ0v) is 12.7. The number of hydrogen-bond acceptors (Lipinski definition) is 2. The summed E-state index contributed by atoms with van der Waals surface area (Å²) in [4.78, 5) is 2.72. The number of nitrogens with zero attached hydrogens (tertiary/aromatic N) is 1. The highest BCUT2D eigenvalue weighted by molar-refractivity contribution is 4.87. The summed E-state index contributed by atoms with van der Waals surface area (Å²) < 4.78 is 0. The van der Waals surface area contributed by atoms with Crippen molar-refractivity contribution in [2.24, 2.45) is 11.3 Å². The van der Waals surface area contributed by atoms with Gasteiger partial charge in [-0.25, -0.2) is 0 Å². The lowest BCUT2D eigenvalue weighted by Gasteiger charge is -2.43. The predicted molar refractivity (Wildman–Crippen MR) is 76.4 cm³/mol. The van der Waals surface area contributed by atoms with Crippen molar-refractivity contribution in [3.63, 3.8) is 0 Å². The van der Waals surface area contributed by atoms with Crippen molar-refractivity contribution in [1.82, 2.24) is 10.2 Å². The summed E-state index contributed by atoms with van der Waals surface area (Å²) in [5, 5.41) is 3.67. The zero-order valence-electron chi connectivity index (χ0n) is 12.7. The van der Waals surface area contributed by atoms with E-state index in [4.69, 9.17) is 0 Å². The minimum Gasteiger partial charge on any atom is -0.311 e. The van der Waals surface area contributed by atoms with Gasteiger partial charge in [0.1, 0.15) is 0 Å². The van der Waals surface area contributed by atoms with Gasteiger partial charge in [-0.15, -0.1) is 0 Å². The number of rotatable bonds is 4. The second kappa shape index (κ2) is 6.19. The summed E-state index contributed by atoms with van der Waals surface area (Å²) in [6.07, 6.45) is 2.51. The topological polar surface area (TPSA) is 15.3 Å². The SMILES string of the molecule is CCC1CN(CC(C)C(C)(C)C)C(CC)CN1. The van der Waals surface area contributed by atoms with Crippen molar-refractivity contribution in [2.45, 2.75) is 66.5 Å². The second-order valence-corrected chi connectivity index (χ2v) is 6.80. The fourth-order valence-electron chi connectivity index (χ4n) is 2.45.